The van der Waals surface area contributed by atoms with Gasteiger partial charge in [-0.3, -0.25) is 19.3 Å². The first-order valence-corrected chi connectivity index (χ1v) is 11.0. The summed E-state index contributed by atoms with van der Waals surface area (Å²) >= 11 is 0. The number of aryl methyl sites for hydroxylation is 2. The molecule has 0 bridgehead atoms. The minimum absolute atomic E-state index is 0.205. The third kappa shape index (κ3) is 3.55. The van der Waals surface area contributed by atoms with Gasteiger partial charge in [-0.25, -0.2) is 8.42 Å². The molecule has 0 saturated carbocycles. The molecule has 2 aromatic rings. The molecule has 1 heterocycles. The normalized spacial score (nSPS) is 15.4. The first-order valence-electron chi connectivity index (χ1n) is 9.37. The van der Waals surface area contributed by atoms with Crippen LogP contribution in [-0.4, -0.2) is 43.8 Å². The van der Waals surface area contributed by atoms with Crippen LogP contribution in [0.25, 0.3) is 0 Å². The number of carbonyl (C=O) groups excluding carboxylic acids is 3. The minimum Gasteiger partial charge on any atom is -0.326 e. The molecule has 0 unspecified atom stereocenters. The van der Waals surface area contributed by atoms with Crippen LogP contribution in [0.2, 0.25) is 0 Å². The summed E-state index contributed by atoms with van der Waals surface area (Å²) in [5.74, 6) is -1.59. The summed E-state index contributed by atoms with van der Waals surface area (Å²) in [6.45, 7) is 0. The number of carbonyl (C=O) groups is 3. The van der Waals surface area contributed by atoms with Crippen molar-refractivity contribution in [2.45, 2.75) is 30.6 Å². The maximum atomic E-state index is 12.6. The average Bonchev–Trinajstić information content (AvgIpc) is 3.25. The van der Waals surface area contributed by atoms with E-state index in [4.69, 9.17) is 0 Å². The smallest absolute Gasteiger partial charge is 0.261 e. The Balaban J connectivity index is 1.42. The lowest BCUT2D eigenvalue weighted by Gasteiger charge is -2.08. The Morgan fingerprint density at radius 2 is 1.72 bits per heavy atom. The Labute approximate surface area is 168 Å². The van der Waals surface area contributed by atoms with E-state index in [2.05, 4.69) is 5.32 Å². The van der Waals surface area contributed by atoms with E-state index in [1.807, 2.05) is 6.07 Å². The third-order valence-electron chi connectivity index (χ3n) is 5.40. The number of imide groups is 1. The molecule has 2 aromatic carbocycles. The van der Waals surface area contributed by atoms with E-state index in [9.17, 15) is 22.8 Å². The lowest BCUT2D eigenvalue weighted by atomic mass is 10.1. The fourth-order valence-corrected chi connectivity index (χ4v) is 5.04. The quantitative estimate of drug-likeness (QED) is 0.759. The maximum Gasteiger partial charge on any atom is 0.261 e. The van der Waals surface area contributed by atoms with Crippen molar-refractivity contribution in [3.8, 4) is 0 Å². The van der Waals surface area contributed by atoms with Crippen LogP contribution in [0.5, 0.6) is 0 Å². The summed E-state index contributed by atoms with van der Waals surface area (Å²) < 4.78 is 25.2. The highest BCUT2D eigenvalue weighted by atomic mass is 32.2. The molecule has 1 N–H and O–H groups in total. The molecule has 150 valence electrons. The van der Waals surface area contributed by atoms with Crippen molar-refractivity contribution in [1.29, 1.82) is 0 Å². The molecule has 0 saturated heterocycles. The predicted octanol–water partition coefficient (Wildman–Crippen LogP) is 2.20. The van der Waals surface area contributed by atoms with Gasteiger partial charge < -0.3 is 5.32 Å². The molecule has 7 nitrogen and oxygen atoms in total. The van der Waals surface area contributed by atoms with Gasteiger partial charge in [0.25, 0.3) is 11.8 Å². The van der Waals surface area contributed by atoms with Gasteiger partial charge in [0, 0.05) is 19.2 Å². The Morgan fingerprint density at radius 1 is 1.00 bits per heavy atom. The molecular weight excluding hydrogens is 392 g/mol. The van der Waals surface area contributed by atoms with Gasteiger partial charge in [0.05, 0.1) is 21.8 Å². The van der Waals surface area contributed by atoms with Crippen LogP contribution < -0.4 is 5.32 Å². The van der Waals surface area contributed by atoms with Crippen molar-refractivity contribution in [3.05, 3.63) is 58.7 Å². The number of hydrogen-bond donors (Lipinski definition) is 1. The first-order chi connectivity index (χ1) is 13.8. The van der Waals surface area contributed by atoms with Crippen molar-refractivity contribution in [2.24, 2.45) is 0 Å². The topological polar surface area (TPSA) is 101 Å². The van der Waals surface area contributed by atoms with Crippen LogP contribution in [0.15, 0.2) is 41.3 Å². The van der Waals surface area contributed by atoms with Crippen molar-refractivity contribution in [3.63, 3.8) is 0 Å². The molecule has 29 heavy (non-hydrogen) atoms. The van der Waals surface area contributed by atoms with E-state index < -0.39 is 21.7 Å². The molecule has 2 aliphatic rings. The lowest BCUT2D eigenvalue weighted by Crippen LogP contribution is -2.24. The number of nitrogens with zero attached hydrogens (tertiary/aromatic N) is 1. The average molecular weight is 412 g/mol. The molecule has 4 rings (SSSR count). The molecule has 1 aliphatic carbocycles. The molecule has 0 radical (unpaired) electrons. The van der Waals surface area contributed by atoms with Crippen LogP contribution in [0.3, 0.4) is 0 Å². The van der Waals surface area contributed by atoms with Crippen LogP contribution in [0, 0.1) is 0 Å². The summed E-state index contributed by atoms with van der Waals surface area (Å²) in [5, 5.41) is 2.60. The van der Waals surface area contributed by atoms with Crippen LogP contribution >= 0.6 is 0 Å². The molecular formula is C21H20N2O5S. The number of sulfone groups is 1. The van der Waals surface area contributed by atoms with E-state index >= 15 is 0 Å². The zero-order chi connectivity index (χ0) is 20.8. The molecule has 0 atom stereocenters. The van der Waals surface area contributed by atoms with Crippen LogP contribution in [0.4, 0.5) is 5.69 Å². The summed E-state index contributed by atoms with van der Waals surface area (Å²) in [6, 6.07) is 9.62. The molecule has 0 fully saturated rings. The van der Waals surface area contributed by atoms with E-state index in [1.165, 1.54) is 30.8 Å². The van der Waals surface area contributed by atoms with Gasteiger partial charge in [0.2, 0.25) is 5.91 Å². The fourth-order valence-electron chi connectivity index (χ4n) is 3.75. The number of rotatable bonds is 5. The standard InChI is InChI=1S/C21H20N2O5S/c1-23-20(25)17-8-6-15(12-18(17)21(23)26)22-19(24)9-10-29(27,28)16-7-5-13-3-2-4-14(13)11-16/h5-8,11-12H,2-4,9-10H2,1H3,(H,22,24). The van der Waals surface area contributed by atoms with Gasteiger partial charge >= 0.3 is 0 Å². The van der Waals surface area contributed by atoms with E-state index in [0.29, 0.717) is 5.69 Å². The van der Waals surface area contributed by atoms with Crippen molar-refractivity contribution >= 4 is 33.2 Å². The second-order valence-corrected chi connectivity index (χ2v) is 9.44. The van der Waals surface area contributed by atoms with Gasteiger partial charge in [-0.05, 0) is 60.7 Å². The Kier molecular flexibility index (Phi) is 4.74. The maximum absolute atomic E-state index is 12.6. The second kappa shape index (κ2) is 7.11. The summed E-state index contributed by atoms with van der Waals surface area (Å²) in [6.07, 6.45) is 2.69. The zero-order valence-electron chi connectivity index (χ0n) is 15.9. The highest BCUT2D eigenvalue weighted by molar-refractivity contribution is 7.91. The van der Waals surface area contributed by atoms with Gasteiger partial charge in [0.15, 0.2) is 9.84 Å². The van der Waals surface area contributed by atoms with Crippen LogP contribution in [0.1, 0.15) is 44.7 Å². The number of amides is 3. The molecule has 0 aromatic heterocycles. The predicted molar refractivity (Wildman–Crippen MR) is 107 cm³/mol. The Hall–Kier alpha value is -3.00. The SMILES string of the molecule is CN1C(=O)c2ccc(NC(=O)CCS(=O)(=O)c3ccc4c(c3)CCC4)cc2C1=O. The molecule has 0 spiro atoms. The van der Waals surface area contributed by atoms with Crippen molar-refractivity contribution < 1.29 is 22.8 Å². The molecule has 1 aliphatic heterocycles. The summed E-state index contributed by atoms with van der Waals surface area (Å²) in [4.78, 5) is 37.5. The minimum atomic E-state index is -3.57. The Bertz CT molecular complexity index is 1150. The number of hydrogen-bond acceptors (Lipinski definition) is 5. The lowest BCUT2D eigenvalue weighted by molar-refractivity contribution is -0.115. The zero-order valence-corrected chi connectivity index (χ0v) is 16.7. The Morgan fingerprint density at radius 3 is 2.52 bits per heavy atom. The highest BCUT2D eigenvalue weighted by Gasteiger charge is 2.32. The summed E-state index contributed by atoms with van der Waals surface area (Å²) in [5.41, 5.74) is 3.12. The number of benzene rings is 2. The number of anilines is 1. The number of fused-ring (bicyclic) bond motifs is 2. The second-order valence-electron chi connectivity index (χ2n) is 7.33. The van der Waals surface area contributed by atoms with Crippen molar-refractivity contribution in [2.75, 3.05) is 18.1 Å². The molecule has 8 heteroatoms. The van der Waals surface area contributed by atoms with E-state index in [0.717, 1.165) is 29.7 Å². The highest BCUT2D eigenvalue weighted by Crippen LogP contribution is 2.26. The summed E-state index contributed by atoms with van der Waals surface area (Å²) in [7, 11) is -2.17. The number of nitrogens with one attached hydrogen (secondary N) is 1. The fraction of sp³-hybridized carbons (Fsp3) is 0.286. The van der Waals surface area contributed by atoms with E-state index in [-0.39, 0.29) is 34.1 Å². The van der Waals surface area contributed by atoms with Gasteiger partial charge in [0.1, 0.15) is 0 Å². The van der Waals surface area contributed by atoms with Gasteiger partial charge in [-0.15, -0.1) is 0 Å². The van der Waals surface area contributed by atoms with Gasteiger partial charge in [-0.1, -0.05) is 6.07 Å². The first kappa shape index (κ1) is 19.3. The van der Waals surface area contributed by atoms with Crippen LogP contribution in [-0.2, 0) is 27.5 Å². The van der Waals surface area contributed by atoms with E-state index in [1.54, 1.807) is 12.1 Å². The van der Waals surface area contributed by atoms with Gasteiger partial charge in [-0.2, -0.15) is 0 Å². The monoisotopic (exact) mass is 412 g/mol. The molecule has 3 amide bonds. The third-order valence-corrected chi connectivity index (χ3v) is 7.11. The van der Waals surface area contributed by atoms with Crippen molar-refractivity contribution in [1.82, 2.24) is 4.90 Å². The largest absolute Gasteiger partial charge is 0.326 e.